The summed E-state index contributed by atoms with van der Waals surface area (Å²) in [7, 11) is 2.11. The minimum Gasteiger partial charge on any atom is -0.367 e. The Morgan fingerprint density at radius 2 is 1.85 bits per heavy atom. The van der Waals surface area contributed by atoms with Gasteiger partial charge in [-0.25, -0.2) is 13.8 Å². The van der Waals surface area contributed by atoms with E-state index in [9.17, 15) is 23.2 Å². The lowest BCUT2D eigenvalue weighted by atomic mass is 10.0. The average molecular weight is 576 g/mol. The molecule has 2 amide bonds. The molecule has 5 rings (SSSR count). The summed E-state index contributed by atoms with van der Waals surface area (Å²) in [6.45, 7) is 7.10. The number of alkyl halides is 2. The van der Waals surface area contributed by atoms with Gasteiger partial charge in [0.15, 0.2) is 10.9 Å². The molecular weight excluding hydrogens is 540 g/mol. The van der Waals surface area contributed by atoms with E-state index in [1.54, 1.807) is 23.5 Å². The highest BCUT2D eigenvalue weighted by Crippen LogP contribution is 2.36. The maximum absolute atomic E-state index is 13.6. The number of amides is 2. The molecule has 0 aliphatic carbocycles. The lowest BCUT2D eigenvalue weighted by Crippen LogP contribution is -2.52. The molecule has 3 aliphatic heterocycles. The predicted molar refractivity (Wildman–Crippen MR) is 148 cm³/mol. The fourth-order valence-corrected chi connectivity index (χ4v) is 6.50. The van der Waals surface area contributed by atoms with E-state index in [2.05, 4.69) is 22.2 Å². The van der Waals surface area contributed by atoms with Crippen LogP contribution in [-0.2, 0) is 14.3 Å². The van der Waals surface area contributed by atoms with Crippen LogP contribution in [0.1, 0.15) is 30.6 Å². The Balaban J connectivity index is 1.27. The Hall–Kier alpha value is -2.96. The normalized spacial score (nSPS) is 24.2. The van der Waals surface area contributed by atoms with Crippen molar-refractivity contribution in [1.29, 1.82) is 0 Å². The zero-order chi connectivity index (χ0) is 28.6. The molecule has 0 spiro atoms. The first-order valence-electron chi connectivity index (χ1n) is 13.7. The molecule has 4 heterocycles. The van der Waals surface area contributed by atoms with Crippen molar-refractivity contribution in [3.05, 3.63) is 35.2 Å². The summed E-state index contributed by atoms with van der Waals surface area (Å²) in [5.74, 6) is -2.56. The Morgan fingerprint density at radius 3 is 2.50 bits per heavy atom. The second-order valence-corrected chi connectivity index (χ2v) is 12.1. The number of likely N-dealkylation sites (tertiary alicyclic amines) is 1. The van der Waals surface area contributed by atoms with Gasteiger partial charge in [0.25, 0.3) is 5.91 Å². The summed E-state index contributed by atoms with van der Waals surface area (Å²) in [5.41, 5.74) is 2.08. The van der Waals surface area contributed by atoms with Crippen LogP contribution in [0.25, 0.3) is 11.3 Å². The molecule has 12 heteroatoms. The highest BCUT2D eigenvalue weighted by Gasteiger charge is 2.55. The number of hydrogen-bond donors (Lipinski definition) is 1. The second kappa shape index (κ2) is 11.9. The van der Waals surface area contributed by atoms with Crippen molar-refractivity contribution in [2.24, 2.45) is 11.8 Å². The molecule has 1 aromatic heterocycles. The van der Waals surface area contributed by atoms with Crippen LogP contribution in [0.4, 0.5) is 13.9 Å². The van der Waals surface area contributed by atoms with E-state index in [-0.39, 0.29) is 24.9 Å². The standard InChI is InChI=1S/C28H35F2N5O4S/c1-16(2)12-20(27(38)35-13-19(25(29)30)24-23(35)22(36)14-39-24)31-26(37)18-6-4-17(5-7-18)21-15-40-28(32-21)34-10-8-33(3)9-11-34/h4-7,15-16,19-20,23-25H,8-14H2,1-3H3,(H,31,37)/t19-,20?,23-,24-/m1/s1. The van der Waals surface area contributed by atoms with E-state index in [4.69, 9.17) is 9.72 Å². The Morgan fingerprint density at radius 1 is 1.15 bits per heavy atom. The molecule has 0 saturated carbocycles. The topological polar surface area (TPSA) is 95.1 Å². The number of ether oxygens (including phenoxy) is 1. The number of rotatable bonds is 8. The van der Waals surface area contributed by atoms with Crippen molar-refractivity contribution in [2.45, 2.75) is 44.9 Å². The van der Waals surface area contributed by atoms with Crippen LogP contribution in [0.3, 0.4) is 0 Å². The van der Waals surface area contributed by atoms with Crippen molar-refractivity contribution in [3.63, 3.8) is 0 Å². The lowest BCUT2D eigenvalue weighted by Gasteiger charge is -2.32. The third kappa shape index (κ3) is 5.89. The number of Topliss-reactive ketones (excluding diaryl/α,β-unsaturated/α-hetero) is 1. The van der Waals surface area contributed by atoms with Gasteiger partial charge in [-0.15, -0.1) is 11.3 Å². The first-order chi connectivity index (χ1) is 19.1. The number of fused-ring (bicyclic) bond motifs is 1. The van der Waals surface area contributed by atoms with Gasteiger partial charge in [0.05, 0.1) is 17.7 Å². The summed E-state index contributed by atoms with van der Waals surface area (Å²) in [4.78, 5) is 49.7. The third-order valence-electron chi connectivity index (χ3n) is 7.85. The van der Waals surface area contributed by atoms with Crippen molar-refractivity contribution >= 4 is 34.1 Å². The Bertz CT molecular complexity index is 1230. The van der Waals surface area contributed by atoms with Gasteiger partial charge in [0, 0.05) is 49.2 Å². The molecule has 2 aromatic rings. The number of carbonyl (C=O) groups is 3. The van der Waals surface area contributed by atoms with Crippen LogP contribution in [-0.4, -0.2) is 103 Å². The van der Waals surface area contributed by atoms with E-state index < -0.39 is 42.3 Å². The van der Waals surface area contributed by atoms with Gasteiger partial charge in [0.1, 0.15) is 18.7 Å². The largest absolute Gasteiger partial charge is 0.367 e. The molecule has 9 nitrogen and oxygen atoms in total. The molecule has 1 N–H and O–H groups in total. The SMILES string of the molecule is CC(C)CC(NC(=O)c1ccc(-c2csc(N3CCN(C)CC3)n2)cc1)C(=O)N1C[C@@H](C(F)F)[C@H]2OCC(=O)[C@H]21. The third-order valence-corrected chi connectivity index (χ3v) is 8.75. The minimum absolute atomic E-state index is 0.0376. The quantitative estimate of drug-likeness (QED) is 0.517. The molecule has 0 radical (unpaired) electrons. The van der Waals surface area contributed by atoms with Crippen LogP contribution in [0.2, 0.25) is 0 Å². The van der Waals surface area contributed by atoms with Gasteiger partial charge in [-0.2, -0.15) is 0 Å². The smallest absolute Gasteiger partial charge is 0.251 e. The van der Waals surface area contributed by atoms with Crippen LogP contribution in [0.5, 0.6) is 0 Å². The van der Waals surface area contributed by atoms with Crippen molar-refractivity contribution < 1.29 is 27.9 Å². The molecular formula is C28H35F2N5O4S. The number of anilines is 1. The second-order valence-electron chi connectivity index (χ2n) is 11.2. The molecule has 1 aromatic carbocycles. The summed E-state index contributed by atoms with van der Waals surface area (Å²) < 4.78 is 32.6. The first kappa shape index (κ1) is 28.6. The van der Waals surface area contributed by atoms with Gasteiger partial charge in [0.2, 0.25) is 12.3 Å². The average Bonchev–Trinajstić information content (AvgIpc) is 3.65. The number of piperazine rings is 1. The Kier molecular flexibility index (Phi) is 8.48. The van der Waals surface area contributed by atoms with Crippen molar-refractivity contribution in [3.8, 4) is 11.3 Å². The molecule has 3 saturated heterocycles. The van der Waals surface area contributed by atoms with Gasteiger partial charge in [-0.05, 0) is 31.5 Å². The number of carbonyl (C=O) groups excluding carboxylic acids is 3. The first-order valence-corrected chi connectivity index (χ1v) is 14.5. The summed E-state index contributed by atoms with van der Waals surface area (Å²) >= 11 is 1.60. The molecule has 1 unspecified atom stereocenters. The van der Waals surface area contributed by atoms with Crippen molar-refractivity contribution in [1.82, 2.24) is 20.1 Å². The van der Waals surface area contributed by atoms with E-state index in [0.717, 1.165) is 42.6 Å². The van der Waals surface area contributed by atoms with Crippen LogP contribution >= 0.6 is 11.3 Å². The zero-order valence-corrected chi connectivity index (χ0v) is 23.7. The molecule has 40 heavy (non-hydrogen) atoms. The molecule has 3 aliphatic rings. The number of hydrogen-bond acceptors (Lipinski definition) is 8. The highest BCUT2D eigenvalue weighted by atomic mass is 32.1. The Labute approximate surface area is 236 Å². The number of likely N-dealkylation sites (N-methyl/N-ethyl adjacent to an activating group) is 1. The van der Waals surface area contributed by atoms with E-state index in [1.165, 1.54) is 4.90 Å². The number of benzene rings is 1. The van der Waals surface area contributed by atoms with E-state index >= 15 is 0 Å². The molecule has 216 valence electrons. The van der Waals surface area contributed by atoms with Crippen LogP contribution in [0, 0.1) is 11.8 Å². The summed E-state index contributed by atoms with van der Waals surface area (Å²) in [6.07, 6.45) is -3.43. The van der Waals surface area contributed by atoms with Gasteiger partial charge in [-0.1, -0.05) is 26.0 Å². The molecule has 0 bridgehead atoms. The number of nitrogens with one attached hydrogen (secondary N) is 1. The zero-order valence-electron chi connectivity index (χ0n) is 22.9. The fourth-order valence-electron chi connectivity index (χ4n) is 5.61. The lowest BCUT2D eigenvalue weighted by molar-refractivity contribution is -0.138. The number of halogens is 2. The molecule has 3 fully saturated rings. The monoisotopic (exact) mass is 575 g/mol. The fraction of sp³-hybridized carbons (Fsp3) is 0.571. The molecule has 4 atom stereocenters. The highest BCUT2D eigenvalue weighted by molar-refractivity contribution is 7.14. The van der Waals surface area contributed by atoms with E-state index in [1.807, 2.05) is 31.4 Å². The van der Waals surface area contributed by atoms with Crippen LogP contribution < -0.4 is 10.2 Å². The number of ketones is 1. The minimum atomic E-state index is -2.72. The van der Waals surface area contributed by atoms with Crippen molar-refractivity contribution in [2.75, 3.05) is 51.3 Å². The van der Waals surface area contributed by atoms with Crippen LogP contribution in [0.15, 0.2) is 29.6 Å². The van der Waals surface area contributed by atoms with E-state index in [0.29, 0.717) is 12.0 Å². The van der Waals surface area contributed by atoms with Gasteiger partial charge < -0.3 is 24.8 Å². The maximum atomic E-state index is 13.6. The maximum Gasteiger partial charge on any atom is 0.251 e. The number of aromatic nitrogens is 1. The number of thiazole rings is 1. The summed E-state index contributed by atoms with van der Waals surface area (Å²) in [5, 5.41) is 5.78. The number of nitrogens with zero attached hydrogens (tertiary/aromatic N) is 4. The van der Waals surface area contributed by atoms with Gasteiger partial charge >= 0.3 is 0 Å². The predicted octanol–water partition coefficient (Wildman–Crippen LogP) is 2.77. The van der Waals surface area contributed by atoms with Gasteiger partial charge in [-0.3, -0.25) is 14.4 Å². The summed E-state index contributed by atoms with van der Waals surface area (Å²) in [6, 6.07) is 5.02.